The van der Waals surface area contributed by atoms with Crippen molar-refractivity contribution >= 4 is 40.5 Å². The first-order chi connectivity index (χ1) is 19.6. The largest absolute Gasteiger partial charge is 0.478 e. The summed E-state index contributed by atoms with van der Waals surface area (Å²) < 4.78 is 14.5. The zero-order valence-electron chi connectivity index (χ0n) is 22.3. The van der Waals surface area contributed by atoms with Crippen LogP contribution in [0.3, 0.4) is 0 Å². The van der Waals surface area contributed by atoms with E-state index in [0.29, 0.717) is 24.1 Å². The van der Waals surface area contributed by atoms with Gasteiger partial charge in [0.2, 0.25) is 11.7 Å². The number of rotatable bonds is 6. The molecule has 2 aromatic carbocycles. The molecular weight excluding hydrogens is 552 g/mol. The number of halogens is 1. The van der Waals surface area contributed by atoms with Gasteiger partial charge in [0.25, 0.3) is 11.2 Å². The number of carboxylic acids is 1. The molecule has 2 aromatic heterocycles. The van der Waals surface area contributed by atoms with Gasteiger partial charge in [0.05, 0.1) is 12.1 Å². The second kappa shape index (κ2) is 9.89. The molecule has 0 saturated carbocycles. The standard InChI is InChI=1S/C28H27ClN6O6/c1-28(25(38)39)22(36)18-10-9-17(12-20(18)41-28)40-27-32-23-21(24(37)33(27)2)35(13-15-6-3-4-8-19(15)29)26(31-23)34-11-5-7-16(30)14-34/h3-4,6,8-10,12,16H,5,7,11,13-14,30H2,1-2H3,(H,38,39)/t16-,28?/m1/s1. The summed E-state index contributed by atoms with van der Waals surface area (Å²) in [7, 11) is 1.53. The van der Waals surface area contributed by atoms with Crippen molar-refractivity contribution in [3.05, 3.63) is 69.0 Å². The number of anilines is 1. The van der Waals surface area contributed by atoms with E-state index in [1.165, 1.54) is 36.7 Å². The number of nitrogens with two attached hydrogens (primary N) is 1. The van der Waals surface area contributed by atoms with Gasteiger partial charge in [0.1, 0.15) is 11.5 Å². The van der Waals surface area contributed by atoms with Crippen LogP contribution < -0.4 is 25.7 Å². The van der Waals surface area contributed by atoms with E-state index >= 15 is 0 Å². The van der Waals surface area contributed by atoms with E-state index in [0.717, 1.165) is 24.9 Å². The van der Waals surface area contributed by atoms with Gasteiger partial charge in [-0.05, 0) is 43.5 Å². The number of aliphatic carboxylic acids is 1. The molecule has 6 rings (SSSR count). The smallest absolute Gasteiger partial charge is 0.356 e. The van der Waals surface area contributed by atoms with Gasteiger partial charge < -0.3 is 25.2 Å². The second-order valence-corrected chi connectivity index (χ2v) is 10.8. The van der Waals surface area contributed by atoms with Crippen LogP contribution in [-0.2, 0) is 18.4 Å². The third-order valence-corrected chi connectivity index (χ3v) is 7.88. The second-order valence-electron chi connectivity index (χ2n) is 10.4. The third kappa shape index (κ3) is 4.49. The quantitative estimate of drug-likeness (QED) is 0.326. The molecule has 41 heavy (non-hydrogen) atoms. The molecule has 1 unspecified atom stereocenters. The van der Waals surface area contributed by atoms with Crippen molar-refractivity contribution in [3.8, 4) is 17.5 Å². The average Bonchev–Trinajstić information content (AvgIpc) is 3.43. The van der Waals surface area contributed by atoms with Gasteiger partial charge in [-0.15, -0.1) is 0 Å². The monoisotopic (exact) mass is 578 g/mol. The van der Waals surface area contributed by atoms with Crippen LogP contribution in [0.1, 0.15) is 35.7 Å². The number of carbonyl (C=O) groups excluding carboxylic acids is 1. The number of imidazole rings is 1. The van der Waals surface area contributed by atoms with Crippen LogP contribution in [0.5, 0.6) is 17.5 Å². The van der Waals surface area contributed by atoms with Crippen molar-refractivity contribution < 1.29 is 24.2 Å². The molecular formula is C28H27ClN6O6. The van der Waals surface area contributed by atoms with Gasteiger partial charge >= 0.3 is 12.0 Å². The lowest BCUT2D eigenvalue weighted by atomic mass is 9.98. The summed E-state index contributed by atoms with van der Waals surface area (Å²) in [5.74, 6) is -1.22. The molecule has 2 atom stereocenters. The molecule has 1 saturated heterocycles. The molecule has 0 aliphatic carbocycles. The number of carboxylic acid groups (broad SMARTS) is 1. The fourth-order valence-corrected chi connectivity index (χ4v) is 5.40. The van der Waals surface area contributed by atoms with Crippen molar-refractivity contribution in [2.75, 3.05) is 18.0 Å². The van der Waals surface area contributed by atoms with E-state index in [4.69, 9.17) is 31.8 Å². The maximum Gasteiger partial charge on any atom is 0.356 e. The number of carbonyl (C=O) groups is 2. The summed E-state index contributed by atoms with van der Waals surface area (Å²) in [6.07, 6.45) is 1.79. The number of piperidine rings is 1. The van der Waals surface area contributed by atoms with Crippen molar-refractivity contribution in [1.29, 1.82) is 0 Å². The SMILES string of the molecule is Cn1c(Oc2ccc3c(c2)OC(C)(C(=O)O)C3=O)nc2nc(N3CCC[C@@H](N)C3)n(Cc3ccccc3Cl)c2c1=O. The van der Waals surface area contributed by atoms with Crippen LogP contribution in [-0.4, -0.2) is 60.7 Å². The Hall–Kier alpha value is -4.42. The molecule has 3 N–H and O–H groups in total. The van der Waals surface area contributed by atoms with Crippen LogP contribution in [0.2, 0.25) is 5.02 Å². The van der Waals surface area contributed by atoms with Crippen molar-refractivity contribution in [1.82, 2.24) is 19.1 Å². The number of hydrogen-bond acceptors (Lipinski definition) is 9. The number of hydrogen-bond donors (Lipinski definition) is 2. The summed E-state index contributed by atoms with van der Waals surface area (Å²) in [5.41, 5.74) is 5.28. The first kappa shape index (κ1) is 26.8. The van der Waals surface area contributed by atoms with Gasteiger partial charge in [-0.1, -0.05) is 29.8 Å². The Bertz CT molecular complexity index is 1780. The first-order valence-electron chi connectivity index (χ1n) is 13.1. The highest BCUT2D eigenvalue weighted by atomic mass is 35.5. The highest BCUT2D eigenvalue weighted by Crippen LogP contribution is 2.38. The van der Waals surface area contributed by atoms with Gasteiger partial charge in [-0.2, -0.15) is 9.97 Å². The van der Waals surface area contributed by atoms with E-state index in [2.05, 4.69) is 9.88 Å². The van der Waals surface area contributed by atoms with E-state index in [-0.39, 0.29) is 45.8 Å². The summed E-state index contributed by atoms with van der Waals surface area (Å²) in [6, 6.07) is 11.7. The fraction of sp³-hybridized carbons (Fsp3) is 0.321. The third-order valence-electron chi connectivity index (χ3n) is 7.51. The Balaban J connectivity index is 1.42. The predicted octanol–water partition coefficient (Wildman–Crippen LogP) is 2.97. The number of Topliss-reactive ketones (excluding diaryl/α,β-unsaturated/α-hetero) is 1. The van der Waals surface area contributed by atoms with Crippen molar-refractivity contribution in [2.24, 2.45) is 12.8 Å². The molecule has 0 amide bonds. The normalized spacial score (nSPS) is 20.2. The van der Waals surface area contributed by atoms with E-state index in [1.807, 2.05) is 22.8 Å². The van der Waals surface area contributed by atoms with Gasteiger partial charge in [0.15, 0.2) is 11.2 Å². The van der Waals surface area contributed by atoms with Crippen LogP contribution in [0.15, 0.2) is 47.3 Å². The zero-order chi connectivity index (χ0) is 29.1. The number of ether oxygens (including phenoxy) is 2. The predicted molar refractivity (Wildman–Crippen MR) is 150 cm³/mol. The highest BCUT2D eigenvalue weighted by Gasteiger charge is 2.50. The minimum atomic E-state index is -2.02. The number of benzene rings is 2. The van der Waals surface area contributed by atoms with E-state index in [1.54, 1.807) is 6.07 Å². The molecule has 2 aliphatic heterocycles. The van der Waals surface area contributed by atoms with Crippen molar-refractivity contribution in [2.45, 2.75) is 38.0 Å². The minimum absolute atomic E-state index is 0.0242. The first-order valence-corrected chi connectivity index (χ1v) is 13.4. The van der Waals surface area contributed by atoms with Gasteiger partial charge in [0, 0.05) is 37.3 Å². The average molecular weight is 579 g/mol. The van der Waals surface area contributed by atoms with Gasteiger partial charge in [-0.25, -0.2) is 4.79 Å². The molecule has 13 heteroatoms. The summed E-state index contributed by atoms with van der Waals surface area (Å²) in [6.45, 7) is 2.81. The molecule has 0 radical (unpaired) electrons. The maximum absolute atomic E-state index is 13.8. The molecule has 1 fully saturated rings. The zero-order valence-corrected chi connectivity index (χ0v) is 23.1. The minimum Gasteiger partial charge on any atom is -0.478 e. The Kier molecular flexibility index (Phi) is 6.46. The van der Waals surface area contributed by atoms with E-state index in [9.17, 15) is 19.5 Å². The number of aromatic nitrogens is 4. The maximum atomic E-state index is 13.8. The summed E-state index contributed by atoms with van der Waals surface area (Å²) >= 11 is 6.47. The lowest BCUT2D eigenvalue weighted by molar-refractivity contribution is -0.148. The Labute approximate surface area is 238 Å². The molecule has 12 nitrogen and oxygen atoms in total. The van der Waals surface area contributed by atoms with Gasteiger partial charge in [-0.3, -0.25) is 18.7 Å². The Morgan fingerprint density at radius 3 is 2.76 bits per heavy atom. The molecule has 0 spiro atoms. The van der Waals surface area contributed by atoms with Crippen LogP contribution >= 0.6 is 11.6 Å². The molecule has 4 heterocycles. The number of fused-ring (bicyclic) bond motifs is 2. The lowest BCUT2D eigenvalue weighted by Gasteiger charge is -2.31. The Morgan fingerprint density at radius 2 is 2.02 bits per heavy atom. The van der Waals surface area contributed by atoms with Crippen LogP contribution in [0.25, 0.3) is 11.2 Å². The molecule has 2 aliphatic rings. The van der Waals surface area contributed by atoms with Crippen LogP contribution in [0, 0.1) is 0 Å². The molecule has 0 bridgehead atoms. The topological polar surface area (TPSA) is 155 Å². The summed E-state index contributed by atoms with van der Waals surface area (Å²) in [4.78, 5) is 49.3. The lowest BCUT2D eigenvalue weighted by Crippen LogP contribution is -2.44. The number of nitrogens with zero attached hydrogens (tertiary/aromatic N) is 5. The number of ketones is 1. The van der Waals surface area contributed by atoms with Crippen molar-refractivity contribution in [3.63, 3.8) is 0 Å². The fourth-order valence-electron chi connectivity index (χ4n) is 5.21. The summed E-state index contributed by atoms with van der Waals surface area (Å²) in [5, 5.41) is 10.0. The Morgan fingerprint density at radius 1 is 1.24 bits per heavy atom. The molecule has 4 aromatic rings. The molecule has 212 valence electrons. The van der Waals surface area contributed by atoms with E-state index < -0.39 is 17.4 Å². The van der Waals surface area contributed by atoms with Crippen LogP contribution in [0.4, 0.5) is 5.95 Å². The highest BCUT2D eigenvalue weighted by molar-refractivity contribution is 6.31.